The maximum atomic E-state index is 13.2. The summed E-state index contributed by atoms with van der Waals surface area (Å²) < 4.78 is 13.2. The Morgan fingerprint density at radius 3 is 2.89 bits per heavy atom. The number of carboxylic acid groups (broad SMARTS) is 1. The van der Waals surface area contributed by atoms with Crippen molar-refractivity contribution in [1.82, 2.24) is 4.98 Å². The van der Waals surface area contributed by atoms with Crippen LogP contribution in [0.25, 0.3) is 0 Å². The Balaban J connectivity index is 2.37. The second-order valence-corrected chi connectivity index (χ2v) is 4.58. The van der Waals surface area contributed by atoms with Crippen molar-refractivity contribution in [3.05, 3.63) is 53.5 Å². The summed E-state index contributed by atoms with van der Waals surface area (Å²) in [7, 11) is 0. The highest BCUT2D eigenvalue weighted by Crippen LogP contribution is 2.29. The molecule has 0 radical (unpaired) electrons. The lowest BCUT2D eigenvalue weighted by atomic mass is 10.2. The van der Waals surface area contributed by atoms with Gasteiger partial charge in [0, 0.05) is 11.1 Å². The molecule has 1 heterocycles. The molecule has 0 spiro atoms. The summed E-state index contributed by atoms with van der Waals surface area (Å²) in [4.78, 5) is 15.4. The largest absolute Gasteiger partial charge is 0.478 e. The summed E-state index contributed by atoms with van der Waals surface area (Å²) in [5.41, 5.74) is -0.0202. The van der Waals surface area contributed by atoms with E-state index in [1.807, 2.05) is 6.07 Å². The summed E-state index contributed by atoms with van der Waals surface area (Å²) in [6.45, 7) is 0. The zero-order valence-electron chi connectivity index (χ0n) is 9.50. The van der Waals surface area contributed by atoms with E-state index in [0.29, 0.717) is 15.5 Å². The summed E-state index contributed by atoms with van der Waals surface area (Å²) >= 11 is 1.12. The van der Waals surface area contributed by atoms with Crippen molar-refractivity contribution in [2.24, 2.45) is 0 Å². The molecule has 0 aliphatic heterocycles. The number of nitrogens with zero attached hydrogens (tertiary/aromatic N) is 2. The highest BCUT2D eigenvalue weighted by atomic mass is 32.2. The molecule has 0 saturated heterocycles. The van der Waals surface area contributed by atoms with Gasteiger partial charge in [0.1, 0.15) is 16.9 Å². The summed E-state index contributed by atoms with van der Waals surface area (Å²) in [6, 6.07) is 8.99. The SMILES string of the molecule is N#Cc1cccnc1Sc1ccc(F)c(C(=O)O)c1. The topological polar surface area (TPSA) is 74.0 Å². The first-order valence-corrected chi connectivity index (χ1v) is 5.99. The maximum absolute atomic E-state index is 13.2. The average Bonchev–Trinajstić information content (AvgIpc) is 2.41. The molecule has 2 aromatic rings. The summed E-state index contributed by atoms with van der Waals surface area (Å²) in [5.74, 6) is -2.13. The average molecular weight is 274 g/mol. The van der Waals surface area contributed by atoms with E-state index in [1.54, 1.807) is 12.1 Å². The quantitative estimate of drug-likeness (QED) is 0.931. The number of carboxylic acids is 1. The molecule has 2 rings (SSSR count). The molecule has 94 valence electrons. The fourth-order valence-corrected chi connectivity index (χ4v) is 2.27. The van der Waals surface area contributed by atoms with Gasteiger partial charge in [-0.15, -0.1) is 0 Å². The number of aromatic carboxylic acids is 1. The van der Waals surface area contributed by atoms with Gasteiger partial charge in [-0.3, -0.25) is 0 Å². The van der Waals surface area contributed by atoms with Crippen molar-refractivity contribution in [3.63, 3.8) is 0 Å². The van der Waals surface area contributed by atoms with Crippen LogP contribution in [0, 0.1) is 17.1 Å². The first-order valence-electron chi connectivity index (χ1n) is 5.17. The molecule has 0 amide bonds. The van der Waals surface area contributed by atoms with Crippen LogP contribution in [0.4, 0.5) is 4.39 Å². The first kappa shape index (κ1) is 13.1. The fourth-order valence-electron chi connectivity index (χ4n) is 1.40. The predicted molar refractivity (Wildman–Crippen MR) is 66.4 cm³/mol. The first-order chi connectivity index (χ1) is 9.11. The van der Waals surface area contributed by atoms with Crippen molar-refractivity contribution < 1.29 is 14.3 Å². The molecule has 0 aliphatic carbocycles. The van der Waals surface area contributed by atoms with Gasteiger partial charge >= 0.3 is 5.97 Å². The lowest BCUT2D eigenvalue weighted by Gasteiger charge is -2.04. The second-order valence-electron chi connectivity index (χ2n) is 3.52. The normalized spacial score (nSPS) is 9.89. The molecule has 4 nitrogen and oxygen atoms in total. The molecule has 1 N–H and O–H groups in total. The highest BCUT2D eigenvalue weighted by Gasteiger charge is 2.12. The van der Waals surface area contributed by atoms with Crippen LogP contribution in [-0.2, 0) is 0 Å². The maximum Gasteiger partial charge on any atom is 0.338 e. The van der Waals surface area contributed by atoms with E-state index in [4.69, 9.17) is 10.4 Å². The van der Waals surface area contributed by atoms with E-state index in [0.717, 1.165) is 17.8 Å². The van der Waals surface area contributed by atoms with Crippen molar-refractivity contribution >= 4 is 17.7 Å². The van der Waals surface area contributed by atoms with E-state index in [2.05, 4.69) is 4.98 Å². The van der Waals surface area contributed by atoms with E-state index < -0.39 is 17.3 Å². The number of hydrogen-bond acceptors (Lipinski definition) is 4. The molecule has 6 heteroatoms. The second kappa shape index (κ2) is 5.50. The predicted octanol–water partition coefficient (Wildman–Crippen LogP) is 2.94. The van der Waals surface area contributed by atoms with Crippen LogP contribution in [0.1, 0.15) is 15.9 Å². The van der Waals surface area contributed by atoms with Crippen LogP contribution >= 0.6 is 11.8 Å². The lowest BCUT2D eigenvalue weighted by molar-refractivity contribution is 0.0691. The van der Waals surface area contributed by atoms with Crippen LogP contribution < -0.4 is 0 Å². The van der Waals surface area contributed by atoms with Crippen molar-refractivity contribution in [3.8, 4) is 6.07 Å². The molecule has 0 unspecified atom stereocenters. The van der Waals surface area contributed by atoms with Gasteiger partial charge in [-0.25, -0.2) is 14.2 Å². The highest BCUT2D eigenvalue weighted by molar-refractivity contribution is 7.99. The summed E-state index contributed by atoms with van der Waals surface area (Å²) in [6.07, 6.45) is 1.53. The van der Waals surface area contributed by atoms with Crippen molar-refractivity contribution in [2.45, 2.75) is 9.92 Å². The van der Waals surface area contributed by atoms with E-state index in [-0.39, 0.29) is 0 Å². The number of halogens is 1. The van der Waals surface area contributed by atoms with Crippen LogP contribution in [0.3, 0.4) is 0 Å². The minimum Gasteiger partial charge on any atom is -0.478 e. The van der Waals surface area contributed by atoms with Crippen LogP contribution in [-0.4, -0.2) is 16.1 Å². The standard InChI is InChI=1S/C13H7FN2O2S/c14-11-4-3-9(6-10(11)13(17)18)19-12-8(7-15)2-1-5-16-12/h1-6H,(H,17,18). The number of carbonyl (C=O) groups is 1. The smallest absolute Gasteiger partial charge is 0.338 e. The van der Waals surface area contributed by atoms with Gasteiger partial charge in [-0.2, -0.15) is 5.26 Å². The summed E-state index contributed by atoms with van der Waals surface area (Å²) in [5, 5.41) is 18.2. The van der Waals surface area contributed by atoms with Crippen LogP contribution in [0.2, 0.25) is 0 Å². The molecule has 1 aromatic carbocycles. The third-order valence-corrected chi connectivity index (χ3v) is 3.28. The minimum atomic E-state index is -1.33. The Morgan fingerprint density at radius 2 is 2.21 bits per heavy atom. The Bertz CT molecular complexity index is 683. The molecule has 0 fully saturated rings. The third-order valence-electron chi connectivity index (χ3n) is 2.27. The van der Waals surface area contributed by atoms with E-state index >= 15 is 0 Å². The molecular formula is C13H7FN2O2S. The number of aromatic nitrogens is 1. The molecule has 0 atom stereocenters. The molecule has 1 aromatic heterocycles. The number of rotatable bonds is 3. The Labute approximate surface area is 112 Å². The zero-order chi connectivity index (χ0) is 13.8. The van der Waals surface area contributed by atoms with Crippen LogP contribution in [0.15, 0.2) is 46.5 Å². The van der Waals surface area contributed by atoms with Gasteiger partial charge in [-0.1, -0.05) is 11.8 Å². The lowest BCUT2D eigenvalue weighted by Crippen LogP contribution is -2.00. The fraction of sp³-hybridized carbons (Fsp3) is 0. The van der Waals surface area contributed by atoms with Gasteiger partial charge < -0.3 is 5.11 Å². The Kier molecular flexibility index (Phi) is 3.78. The van der Waals surface area contributed by atoms with Gasteiger partial charge in [0.2, 0.25) is 0 Å². The van der Waals surface area contributed by atoms with Crippen molar-refractivity contribution in [1.29, 1.82) is 5.26 Å². The molecule has 0 aliphatic rings. The molecular weight excluding hydrogens is 267 g/mol. The Hall–Kier alpha value is -2.39. The number of hydrogen-bond donors (Lipinski definition) is 1. The number of nitriles is 1. The number of pyridine rings is 1. The monoisotopic (exact) mass is 274 g/mol. The molecule has 19 heavy (non-hydrogen) atoms. The zero-order valence-corrected chi connectivity index (χ0v) is 10.3. The van der Waals surface area contributed by atoms with Crippen molar-refractivity contribution in [2.75, 3.05) is 0 Å². The number of benzene rings is 1. The van der Waals surface area contributed by atoms with Gasteiger partial charge in [-0.05, 0) is 30.3 Å². The van der Waals surface area contributed by atoms with Crippen LogP contribution in [0.5, 0.6) is 0 Å². The Morgan fingerprint density at radius 1 is 1.42 bits per heavy atom. The van der Waals surface area contributed by atoms with E-state index in [9.17, 15) is 9.18 Å². The van der Waals surface area contributed by atoms with Gasteiger partial charge in [0.25, 0.3) is 0 Å². The molecule has 0 saturated carbocycles. The van der Waals surface area contributed by atoms with E-state index in [1.165, 1.54) is 18.3 Å². The van der Waals surface area contributed by atoms with Gasteiger partial charge in [0.05, 0.1) is 11.1 Å². The molecule has 0 bridgehead atoms. The van der Waals surface area contributed by atoms with Gasteiger partial charge in [0.15, 0.2) is 0 Å². The third kappa shape index (κ3) is 2.89. The minimum absolute atomic E-state index is 0.383.